The van der Waals surface area contributed by atoms with Crippen molar-refractivity contribution in [2.75, 3.05) is 32.7 Å². The SMILES string of the molecule is CC(N)CCCCN1CCC(N2CCCC2)C1. The Labute approximate surface area is 106 Å². The van der Waals surface area contributed by atoms with Crippen molar-refractivity contribution < 1.29 is 0 Å². The number of hydrogen-bond donors (Lipinski definition) is 1. The third kappa shape index (κ3) is 4.23. The molecule has 0 aliphatic carbocycles. The number of nitrogens with two attached hydrogens (primary N) is 1. The van der Waals surface area contributed by atoms with Crippen LogP contribution in [0.4, 0.5) is 0 Å². The fraction of sp³-hybridized carbons (Fsp3) is 1.00. The molecule has 0 bridgehead atoms. The lowest BCUT2D eigenvalue weighted by atomic mass is 10.1. The molecule has 17 heavy (non-hydrogen) atoms. The molecule has 2 heterocycles. The Morgan fingerprint density at radius 1 is 1.18 bits per heavy atom. The largest absolute Gasteiger partial charge is 0.328 e. The van der Waals surface area contributed by atoms with Gasteiger partial charge in [-0.15, -0.1) is 0 Å². The standard InChI is InChI=1S/C14H29N3/c1-13(15)6-2-3-8-16-11-7-14(12-16)17-9-4-5-10-17/h13-14H,2-12,15H2,1H3. The van der Waals surface area contributed by atoms with E-state index in [4.69, 9.17) is 5.73 Å². The zero-order valence-corrected chi connectivity index (χ0v) is 11.4. The molecule has 2 N–H and O–H groups in total. The summed E-state index contributed by atoms with van der Waals surface area (Å²) < 4.78 is 0. The van der Waals surface area contributed by atoms with E-state index in [1.54, 1.807) is 0 Å². The van der Waals surface area contributed by atoms with Crippen molar-refractivity contribution >= 4 is 0 Å². The predicted molar refractivity (Wildman–Crippen MR) is 73.2 cm³/mol. The third-order valence-corrected chi connectivity index (χ3v) is 4.29. The minimum absolute atomic E-state index is 0.380. The van der Waals surface area contributed by atoms with E-state index < -0.39 is 0 Å². The summed E-state index contributed by atoms with van der Waals surface area (Å²) in [4.78, 5) is 5.37. The van der Waals surface area contributed by atoms with Gasteiger partial charge in [0.1, 0.15) is 0 Å². The lowest BCUT2D eigenvalue weighted by Crippen LogP contribution is -2.35. The molecule has 2 atom stereocenters. The van der Waals surface area contributed by atoms with Crippen LogP contribution >= 0.6 is 0 Å². The molecule has 2 aliphatic rings. The van der Waals surface area contributed by atoms with Gasteiger partial charge >= 0.3 is 0 Å². The monoisotopic (exact) mass is 239 g/mol. The highest BCUT2D eigenvalue weighted by Crippen LogP contribution is 2.20. The summed E-state index contributed by atoms with van der Waals surface area (Å²) in [7, 11) is 0. The lowest BCUT2D eigenvalue weighted by molar-refractivity contribution is 0.230. The fourth-order valence-corrected chi connectivity index (χ4v) is 3.22. The fourth-order valence-electron chi connectivity index (χ4n) is 3.22. The van der Waals surface area contributed by atoms with Crippen LogP contribution in [0.3, 0.4) is 0 Å². The molecule has 100 valence electrons. The molecule has 0 saturated carbocycles. The van der Waals surface area contributed by atoms with E-state index in [1.807, 2.05) is 0 Å². The highest BCUT2D eigenvalue weighted by Gasteiger charge is 2.28. The summed E-state index contributed by atoms with van der Waals surface area (Å²) in [6, 6.07) is 1.25. The minimum atomic E-state index is 0.380. The molecule has 2 rings (SSSR count). The molecular formula is C14H29N3. The van der Waals surface area contributed by atoms with Crippen molar-refractivity contribution in [3.63, 3.8) is 0 Å². The highest BCUT2D eigenvalue weighted by molar-refractivity contribution is 4.85. The third-order valence-electron chi connectivity index (χ3n) is 4.29. The van der Waals surface area contributed by atoms with Gasteiger partial charge in [-0.3, -0.25) is 4.90 Å². The van der Waals surface area contributed by atoms with Crippen molar-refractivity contribution in [1.82, 2.24) is 9.80 Å². The van der Waals surface area contributed by atoms with Crippen LogP contribution in [0.1, 0.15) is 45.4 Å². The quantitative estimate of drug-likeness (QED) is 0.716. The zero-order chi connectivity index (χ0) is 12.1. The first-order valence-electron chi connectivity index (χ1n) is 7.47. The van der Waals surface area contributed by atoms with Crippen LogP contribution in [0, 0.1) is 0 Å². The Bertz CT molecular complexity index is 212. The molecule has 3 nitrogen and oxygen atoms in total. The van der Waals surface area contributed by atoms with E-state index >= 15 is 0 Å². The van der Waals surface area contributed by atoms with Crippen molar-refractivity contribution in [2.45, 2.75) is 57.5 Å². The van der Waals surface area contributed by atoms with E-state index in [-0.39, 0.29) is 0 Å². The Hall–Kier alpha value is -0.120. The van der Waals surface area contributed by atoms with E-state index in [2.05, 4.69) is 16.7 Å². The smallest absolute Gasteiger partial charge is 0.0235 e. The minimum Gasteiger partial charge on any atom is -0.328 e. The van der Waals surface area contributed by atoms with Crippen LogP contribution in [-0.2, 0) is 0 Å². The molecule has 0 spiro atoms. The first kappa shape index (κ1) is 13.3. The molecule has 0 aromatic heterocycles. The van der Waals surface area contributed by atoms with Crippen LogP contribution in [0.2, 0.25) is 0 Å². The molecule has 0 aromatic rings. The van der Waals surface area contributed by atoms with Gasteiger partial charge in [0.2, 0.25) is 0 Å². The van der Waals surface area contributed by atoms with Crippen LogP contribution in [-0.4, -0.2) is 54.6 Å². The molecule has 0 aromatic carbocycles. The van der Waals surface area contributed by atoms with Gasteiger partial charge in [0, 0.05) is 18.6 Å². The van der Waals surface area contributed by atoms with Crippen molar-refractivity contribution in [1.29, 1.82) is 0 Å². The maximum atomic E-state index is 5.77. The van der Waals surface area contributed by atoms with Crippen molar-refractivity contribution in [3.05, 3.63) is 0 Å². The number of nitrogens with zero attached hydrogens (tertiary/aromatic N) is 2. The molecule has 2 saturated heterocycles. The average molecular weight is 239 g/mol. The molecule has 0 amide bonds. The summed E-state index contributed by atoms with van der Waals surface area (Å²) >= 11 is 0. The predicted octanol–water partition coefficient (Wildman–Crippen LogP) is 1.67. The van der Waals surface area contributed by atoms with Gasteiger partial charge in [-0.2, -0.15) is 0 Å². The number of rotatable bonds is 6. The Balaban J connectivity index is 1.57. The van der Waals surface area contributed by atoms with Gasteiger partial charge in [-0.1, -0.05) is 6.42 Å². The highest BCUT2D eigenvalue weighted by atomic mass is 15.3. The molecule has 2 unspecified atom stereocenters. The summed E-state index contributed by atoms with van der Waals surface area (Å²) in [5.74, 6) is 0. The lowest BCUT2D eigenvalue weighted by Gasteiger charge is -2.23. The second kappa shape index (κ2) is 6.72. The Morgan fingerprint density at radius 2 is 1.94 bits per heavy atom. The normalized spacial score (nSPS) is 28.9. The second-order valence-electron chi connectivity index (χ2n) is 5.96. The van der Waals surface area contributed by atoms with Gasteiger partial charge in [0.25, 0.3) is 0 Å². The topological polar surface area (TPSA) is 32.5 Å². The Kier molecular flexibility index (Phi) is 5.26. The summed E-state index contributed by atoms with van der Waals surface area (Å²) in [5, 5.41) is 0. The van der Waals surface area contributed by atoms with Crippen LogP contribution in [0.5, 0.6) is 0 Å². The van der Waals surface area contributed by atoms with Crippen LogP contribution in [0.15, 0.2) is 0 Å². The van der Waals surface area contributed by atoms with Gasteiger partial charge < -0.3 is 10.6 Å². The summed E-state index contributed by atoms with van der Waals surface area (Å²) in [6.45, 7) is 8.74. The van der Waals surface area contributed by atoms with Crippen LogP contribution < -0.4 is 5.73 Å². The summed E-state index contributed by atoms with van der Waals surface area (Å²) in [6.07, 6.45) is 8.04. The number of likely N-dealkylation sites (tertiary alicyclic amines) is 2. The van der Waals surface area contributed by atoms with E-state index in [9.17, 15) is 0 Å². The van der Waals surface area contributed by atoms with Gasteiger partial charge in [-0.05, 0) is 65.2 Å². The zero-order valence-electron chi connectivity index (χ0n) is 11.4. The average Bonchev–Trinajstić information content (AvgIpc) is 2.94. The molecule has 0 radical (unpaired) electrons. The Morgan fingerprint density at radius 3 is 2.65 bits per heavy atom. The van der Waals surface area contributed by atoms with Crippen molar-refractivity contribution in [2.24, 2.45) is 5.73 Å². The van der Waals surface area contributed by atoms with Gasteiger partial charge in [0.05, 0.1) is 0 Å². The first-order chi connectivity index (χ1) is 8.25. The maximum absolute atomic E-state index is 5.77. The van der Waals surface area contributed by atoms with Gasteiger partial charge in [-0.25, -0.2) is 0 Å². The summed E-state index contributed by atoms with van der Waals surface area (Å²) in [5.41, 5.74) is 5.77. The van der Waals surface area contributed by atoms with E-state index in [1.165, 1.54) is 71.2 Å². The van der Waals surface area contributed by atoms with Crippen molar-refractivity contribution in [3.8, 4) is 0 Å². The molecule has 3 heteroatoms. The molecular weight excluding hydrogens is 210 g/mol. The van der Waals surface area contributed by atoms with Gasteiger partial charge in [0.15, 0.2) is 0 Å². The maximum Gasteiger partial charge on any atom is 0.0235 e. The van der Waals surface area contributed by atoms with Crippen LogP contribution in [0.25, 0.3) is 0 Å². The number of hydrogen-bond acceptors (Lipinski definition) is 3. The van der Waals surface area contributed by atoms with E-state index in [0.29, 0.717) is 6.04 Å². The molecule has 2 aliphatic heterocycles. The second-order valence-corrected chi connectivity index (χ2v) is 5.96. The molecule has 2 fully saturated rings. The van der Waals surface area contributed by atoms with E-state index in [0.717, 1.165) is 6.04 Å². The number of unbranched alkanes of at least 4 members (excludes halogenated alkanes) is 1. The first-order valence-corrected chi connectivity index (χ1v) is 7.47.